The van der Waals surface area contributed by atoms with Crippen molar-refractivity contribution < 1.29 is 42.3 Å². The Balaban J connectivity index is 0.769. The minimum absolute atomic E-state index is 0.000985. The number of rotatable bonds is 11. The largest absolute Gasteiger partial charge is 0.495 e. The topological polar surface area (TPSA) is 190 Å². The highest BCUT2D eigenvalue weighted by Crippen LogP contribution is 2.41. The van der Waals surface area contributed by atoms with Crippen LogP contribution in [0, 0.1) is 5.92 Å². The van der Waals surface area contributed by atoms with Gasteiger partial charge in [-0.2, -0.15) is 13.8 Å². The van der Waals surface area contributed by atoms with E-state index in [1.807, 2.05) is 6.07 Å². The molecule has 2 aliphatic carbocycles. The molecule has 5 heterocycles. The summed E-state index contributed by atoms with van der Waals surface area (Å²) in [4.78, 5) is 94.4. The maximum Gasteiger partial charge on any atom is 0.342 e. The van der Waals surface area contributed by atoms with Crippen molar-refractivity contribution in [3.05, 3.63) is 59.3 Å². The molecule has 0 radical (unpaired) electrons. The second-order valence-electron chi connectivity index (χ2n) is 17.9. The lowest BCUT2D eigenvalue weighted by Gasteiger charge is -2.44. The van der Waals surface area contributed by atoms with Crippen molar-refractivity contribution in [3.8, 4) is 5.75 Å². The zero-order valence-electron chi connectivity index (χ0n) is 36.1. The number of alkyl halides is 2. The lowest BCUT2D eigenvalue weighted by molar-refractivity contribution is -0.140. The number of aromatic nitrogens is 2. The van der Waals surface area contributed by atoms with Gasteiger partial charge in [0.2, 0.25) is 17.8 Å². The maximum atomic E-state index is 15.1. The number of hydrogen-bond acceptors (Lipinski definition) is 13. The van der Waals surface area contributed by atoms with Crippen LogP contribution in [-0.2, 0) is 14.4 Å². The summed E-state index contributed by atoms with van der Waals surface area (Å²) in [6.07, 6.45) is 8.20. The van der Waals surface area contributed by atoms with Crippen LogP contribution in [0.4, 0.5) is 37.6 Å². The number of piperidine rings is 2. The fourth-order valence-corrected chi connectivity index (χ4v) is 10.2. The maximum absolute atomic E-state index is 15.1. The smallest absolute Gasteiger partial charge is 0.342 e. The van der Waals surface area contributed by atoms with E-state index in [0.717, 1.165) is 67.7 Å². The number of halogens is 2. The molecule has 1 unspecified atom stereocenters. The Labute approximate surface area is 368 Å². The van der Waals surface area contributed by atoms with Crippen LogP contribution in [0.3, 0.4) is 0 Å². The van der Waals surface area contributed by atoms with E-state index in [0.29, 0.717) is 53.3 Å². The first-order valence-corrected chi connectivity index (χ1v) is 22.1. The molecule has 3 N–H and O–H groups in total. The average Bonchev–Trinajstić information content (AvgIpc) is 3.88. The fraction of sp³-hybridized carbons (Fsp3) is 0.511. The van der Waals surface area contributed by atoms with Crippen LogP contribution >= 0.6 is 0 Å². The number of fused-ring (bicyclic) bond motifs is 2. The Hall–Kier alpha value is -6.24. The van der Waals surface area contributed by atoms with E-state index in [-0.39, 0.29) is 53.8 Å². The molecule has 3 aromatic rings. The number of nitrogens with one attached hydrogen (secondary N) is 3. The molecule has 2 saturated heterocycles. The number of imide groups is 2. The van der Waals surface area contributed by atoms with Gasteiger partial charge in [-0.05, 0) is 88.2 Å². The predicted molar refractivity (Wildman–Crippen MR) is 231 cm³/mol. The molecule has 64 heavy (non-hydrogen) atoms. The van der Waals surface area contributed by atoms with Gasteiger partial charge in [-0.15, -0.1) is 0 Å². The average molecular weight is 883 g/mol. The number of methoxy groups -OCH3 is 1. The lowest BCUT2D eigenvalue weighted by atomic mass is 9.84. The summed E-state index contributed by atoms with van der Waals surface area (Å²) < 4.78 is 35.7. The van der Waals surface area contributed by atoms with E-state index in [1.54, 1.807) is 35.2 Å². The third-order valence-corrected chi connectivity index (χ3v) is 13.9. The van der Waals surface area contributed by atoms with E-state index in [9.17, 15) is 28.8 Å². The van der Waals surface area contributed by atoms with E-state index in [2.05, 4.69) is 42.8 Å². The second-order valence-corrected chi connectivity index (χ2v) is 17.9. The molecule has 1 atom stereocenters. The number of amides is 6. The summed E-state index contributed by atoms with van der Waals surface area (Å²) in [5.74, 6) is -6.01. The summed E-state index contributed by atoms with van der Waals surface area (Å²) in [6, 6.07) is 9.33. The molecular formula is C45H52F2N10O7. The van der Waals surface area contributed by atoms with Crippen LogP contribution < -0.4 is 35.4 Å². The number of ether oxygens (including phenoxy) is 1. The monoisotopic (exact) mass is 882 g/mol. The highest BCUT2D eigenvalue weighted by molar-refractivity contribution is 6.25. The van der Waals surface area contributed by atoms with Gasteiger partial charge in [-0.1, -0.05) is 18.9 Å². The zero-order chi connectivity index (χ0) is 45.0. The van der Waals surface area contributed by atoms with Crippen molar-refractivity contribution in [3.63, 3.8) is 0 Å². The SMILES string of the molecule is COc1cc(C(=O)NC2CC(N(C)CC3CCN(c4cccc5c4C(=O)N(C4CCC(=O)NC4=O)C5=O)CC3)C2)ccc1Nc1ncc2c(n1)N(C1CCCC1)CC(F)(F)C(=O)N2C. The molecule has 0 bridgehead atoms. The molecule has 17 nitrogen and oxygen atoms in total. The molecule has 2 saturated carbocycles. The Morgan fingerprint density at radius 3 is 2.45 bits per heavy atom. The molecule has 2 aromatic carbocycles. The van der Waals surface area contributed by atoms with Gasteiger partial charge >= 0.3 is 5.92 Å². The Morgan fingerprint density at radius 1 is 0.984 bits per heavy atom. The quantitative estimate of drug-likeness (QED) is 0.234. The van der Waals surface area contributed by atoms with Crippen molar-refractivity contribution in [2.75, 3.05) is 67.4 Å². The second kappa shape index (κ2) is 17.0. The van der Waals surface area contributed by atoms with E-state index in [1.165, 1.54) is 20.4 Å². The molecule has 6 amide bonds. The summed E-state index contributed by atoms with van der Waals surface area (Å²) >= 11 is 0. The van der Waals surface area contributed by atoms with Gasteiger partial charge in [0, 0.05) is 56.8 Å². The molecule has 0 spiro atoms. The van der Waals surface area contributed by atoms with E-state index < -0.39 is 48.0 Å². The molecule has 9 rings (SSSR count). The molecule has 19 heteroatoms. The standard InChI is InChI=1S/C45H52F2N10O7/c1-53(23-25-15-17-55(18-16-25)32-10-6-9-30-37(32)42(62)57(41(30)61)33-13-14-36(58)51-40(33)60)29-20-27(21-29)49-39(59)26-11-12-31(35(19-26)64-3)50-44-48-22-34-38(52-44)56(28-7-4-5-8-28)24-45(46,47)43(63)54(34)2/h6,9-12,19,22,25,27-29,33H,4-5,7-8,13-18,20-21,23-24H2,1-3H3,(H,49,59)(H,48,50,52)(H,51,58,60). The van der Waals surface area contributed by atoms with Crippen molar-refractivity contribution in [1.82, 2.24) is 30.4 Å². The summed E-state index contributed by atoms with van der Waals surface area (Å²) in [7, 11) is 4.90. The van der Waals surface area contributed by atoms with Crippen LogP contribution in [0.1, 0.15) is 95.3 Å². The van der Waals surface area contributed by atoms with Gasteiger partial charge in [0.05, 0.1) is 42.4 Å². The van der Waals surface area contributed by atoms with E-state index in [4.69, 9.17) is 4.74 Å². The van der Waals surface area contributed by atoms with Crippen molar-refractivity contribution >= 4 is 64.3 Å². The van der Waals surface area contributed by atoms with Crippen LogP contribution in [0.2, 0.25) is 0 Å². The Bertz CT molecular complexity index is 2400. The number of nitrogens with zero attached hydrogens (tertiary/aromatic N) is 7. The van der Waals surface area contributed by atoms with E-state index >= 15 is 8.78 Å². The molecule has 1 aromatic heterocycles. The third-order valence-electron chi connectivity index (χ3n) is 13.9. The number of benzene rings is 2. The minimum Gasteiger partial charge on any atom is -0.495 e. The first kappa shape index (κ1) is 43.0. The van der Waals surface area contributed by atoms with Crippen molar-refractivity contribution in [1.29, 1.82) is 0 Å². The Morgan fingerprint density at radius 2 is 1.73 bits per heavy atom. The normalized spacial score (nSPS) is 23.8. The Kier molecular flexibility index (Phi) is 11.5. The highest BCUT2D eigenvalue weighted by Gasteiger charge is 2.49. The number of carbonyl (C=O) groups is 6. The third kappa shape index (κ3) is 7.98. The van der Waals surface area contributed by atoms with Crippen molar-refractivity contribution in [2.24, 2.45) is 5.92 Å². The molecular weight excluding hydrogens is 831 g/mol. The van der Waals surface area contributed by atoms with Gasteiger partial charge < -0.3 is 35.0 Å². The summed E-state index contributed by atoms with van der Waals surface area (Å²) in [6.45, 7) is 1.53. The van der Waals surface area contributed by atoms with Crippen LogP contribution in [0.5, 0.6) is 5.75 Å². The van der Waals surface area contributed by atoms with Crippen LogP contribution in [0.15, 0.2) is 42.6 Å². The summed E-state index contributed by atoms with van der Waals surface area (Å²) in [5.41, 5.74) is 2.36. The molecule has 338 valence electrons. The fourth-order valence-electron chi connectivity index (χ4n) is 10.2. The minimum atomic E-state index is -3.59. The predicted octanol–water partition coefficient (Wildman–Crippen LogP) is 4.10. The first-order valence-electron chi connectivity index (χ1n) is 22.1. The van der Waals surface area contributed by atoms with Crippen molar-refractivity contribution in [2.45, 2.75) is 94.3 Å². The molecule has 4 aliphatic heterocycles. The molecule has 4 fully saturated rings. The van der Waals surface area contributed by atoms with Gasteiger partial charge in [-0.3, -0.25) is 39.0 Å². The zero-order valence-corrected chi connectivity index (χ0v) is 36.1. The van der Waals surface area contributed by atoms with Crippen LogP contribution in [0.25, 0.3) is 0 Å². The van der Waals surface area contributed by atoms with Gasteiger partial charge in [-0.25, -0.2) is 4.98 Å². The van der Waals surface area contributed by atoms with Gasteiger partial charge in [0.15, 0.2) is 5.82 Å². The first-order chi connectivity index (χ1) is 30.7. The molecule has 6 aliphatic rings. The number of carbonyl (C=O) groups excluding carboxylic acids is 6. The van der Waals surface area contributed by atoms with Gasteiger partial charge in [0.25, 0.3) is 23.6 Å². The van der Waals surface area contributed by atoms with Gasteiger partial charge in [0.1, 0.15) is 17.5 Å². The highest BCUT2D eigenvalue weighted by atomic mass is 19.3. The lowest BCUT2D eigenvalue weighted by Crippen LogP contribution is -2.54. The summed E-state index contributed by atoms with van der Waals surface area (Å²) in [5, 5.41) is 8.51. The van der Waals surface area contributed by atoms with Crippen LogP contribution in [-0.4, -0.2) is 133 Å². The number of hydrogen-bond donors (Lipinski definition) is 3. The number of anilines is 5.